The monoisotopic (exact) mass is 271 g/mol. The van der Waals surface area contributed by atoms with Crippen LogP contribution in [0.1, 0.15) is 5.56 Å². The summed E-state index contributed by atoms with van der Waals surface area (Å²) in [5, 5.41) is 4.13. The summed E-state index contributed by atoms with van der Waals surface area (Å²) in [6.45, 7) is 2.07. The fourth-order valence-electron chi connectivity index (χ4n) is 1.84. The zero-order valence-corrected chi connectivity index (χ0v) is 11.5. The highest BCUT2D eigenvalue weighted by molar-refractivity contribution is 7.22. The average Bonchev–Trinajstić information content (AvgIpc) is 2.84. The van der Waals surface area contributed by atoms with Crippen molar-refractivity contribution in [3.63, 3.8) is 0 Å². The van der Waals surface area contributed by atoms with Gasteiger partial charge in [-0.3, -0.25) is 0 Å². The van der Waals surface area contributed by atoms with Crippen molar-refractivity contribution in [2.75, 3.05) is 12.4 Å². The smallest absolute Gasteiger partial charge is 0.213 e. The Morgan fingerprint density at radius 2 is 2.11 bits per heavy atom. The van der Waals surface area contributed by atoms with Gasteiger partial charge < -0.3 is 10.1 Å². The van der Waals surface area contributed by atoms with E-state index in [0.717, 1.165) is 16.3 Å². The van der Waals surface area contributed by atoms with Crippen LogP contribution in [0.15, 0.2) is 36.5 Å². The lowest BCUT2D eigenvalue weighted by Crippen LogP contribution is -1.92. The van der Waals surface area contributed by atoms with Gasteiger partial charge in [0.25, 0.3) is 0 Å². The number of ether oxygens (including phenoxy) is 1. The Labute approximate surface area is 115 Å². The second kappa shape index (κ2) is 4.85. The topological polar surface area (TPSA) is 47.0 Å². The summed E-state index contributed by atoms with van der Waals surface area (Å²) in [6, 6.07) is 9.94. The van der Waals surface area contributed by atoms with Gasteiger partial charge >= 0.3 is 0 Å². The number of anilines is 2. The van der Waals surface area contributed by atoms with Crippen LogP contribution in [0.2, 0.25) is 0 Å². The lowest BCUT2D eigenvalue weighted by Gasteiger charge is -2.02. The predicted molar refractivity (Wildman–Crippen MR) is 78.4 cm³/mol. The molecule has 5 heteroatoms. The maximum Gasteiger partial charge on any atom is 0.213 e. The molecule has 0 spiro atoms. The van der Waals surface area contributed by atoms with Crippen molar-refractivity contribution in [2.24, 2.45) is 0 Å². The molecular formula is C14H13N3OS. The number of hydrogen-bond acceptors (Lipinski definition) is 5. The normalized spacial score (nSPS) is 10.6. The van der Waals surface area contributed by atoms with Crippen LogP contribution in [0.4, 0.5) is 10.8 Å². The summed E-state index contributed by atoms with van der Waals surface area (Å²) in [7, 11) is 1.60. The van der Waals surface area contributed by atoms with Crippen LogP contribution in [-0.4, -0.2) is 17.1 Å². The van der Waals surface area contributed by atoms with Crippen molar-refractivity contribution in [3.05, 3.63) is 42.1 Å². The fraction of sp³-hybridized carbons (Fsp3) is 0.143. The molecule has 0 fully saturated rings. The van der Waals surface area contributed by atoms with Gasteiger partial charge in [-0.2, -0.15) is 0 Å². The molecular weight excluding hydrogens is 258 g/mol. The third kappa shape index (κ3) is 2.37. The molecule has 0 aliphatic carbocycles. The van der Waals surface area contributed by atoms with Crippen LogP contribution in [-0.2, 0) is 0 Å². The molecule has 0 atom stereocenters. The summed E-state index contributed by atoms with van der Waals surface area (Å²) in [6.07, 6.45) is 1.73. The van der Waals surface area contributed by atoms with Crippen LogP contribution in [0, 0.1) is 6.92 Å². The molecule has 0 aliphatic rings. The van der Waals surface area contributed by atoms with E-state index in [-0.39, 0.29) is 0 Å². The van der Waals surface area contributed by atoms with Gasteiger partial charge in [-0.1, -0.05) is 23.5 Å². The van der Waals surface area contributed by atoms with Gasteiger partial charge in [0.1, 0.15) is 0 Å². The molecule has 96 valence electrons. The van der Waals surface area contributed by atoms with E-state index in [1.54, 1.807) is 24.6 Å². The number of pyridine rings is 1. The van der Waals surface area contributed by atoms with Gasteiger partial charge in [0.05, 0.1) is 29.2 Å². The van der Waals surface area contributed by atoms with Crippen LogP contribution >= 0.6 is 11.3 Å². The maximum atomic E-state index is 5.03. The Morgan fingerprint density at radius 3 is 2.79 bits per heavy atom. The highest BCUT2D eigenvalue weighted by Gasteiger charge is 2.06. The molecule has 0 aliphatic heterocycles. The van der Waals surface area contributed by atoms with Crippen LogP contribution in [0.3, 0.4) is 0 Å². The van der Waals surface area contributed by atoms with E-state index in [1.807, 2.05) is 12.1 Å². The van der Waals surface area contributed by atoms with E-state index in [1.165, 1.54) is 10.3 Å². The predicted octanol–water partition coefficient (Wildman–Crippen LogP) is 3.75. The molecule has 1 N–H and O–H groups in total. The van der Waals surface area contributed by atoms with Gasteiger partial charge in [0, 0.05) is 6.07 Å². The van der Waals surface area contributed by atoms with Crippen molar-refractivity contribution in [3.8, 4) is 5.88 Å². The first kappa shape index (κ1) is 11.9. The number of thiazole rings is 1. The number of benzene rings is 1. The molecule has 0 saturated heterocycles. The number of fused-ring (bicyclic) bond motifs is 1. The Balaban J connectivity index is 1.90. The summed E-state index contributed by atoms with van der Waals surface area (Å²) < 4.78 is 6.22. The van der Waals surface area contributed by atoms with E-state index < -0.39 is 0 Å². The van der Waals surface area contributed by atoms with Gasteiger partial charge in [0.2, 0.25) is 5.88 Å². The SMILES string of the molecule is COc1ccc(Nc2nc3c(C)cccc3s2)cn1. The third-order valence-electron chi connectivity index (χ3n) is 2.82. The number of aromatic nitrogens is 2. The van der Waals surface area contributed by atoms with Crippen molar-refractivity contribution in [1.82, 2.24) is 9.97 Å². The first-order chi connectivity index (χ1) is 9.26. The lowest BCUT2D eigenvalue weighted by molar-refractivity contribution is 0.398. The van der Waals surface area contributed by atoms with Crippen molar-refractivity contribution < 1.29 is 4.74 Å². The second-order valence-corrected chi connectivity index (χ2v) is 5.19. The van der Waals surface area contributed by atoms with Gasteiger partial charge in [-0.05, 0) is 24.6 Å². The summed E-state index contributed by atoms with van der Waals surface area (Å²) >= 11 is 1.63. The molecule has 19 heavy (non-hydrogen) atoms. The first-order valence-corrected chi connectivity index (χ1v) is 6.71. The Bertz CT molecular complexity index is 706. The highest BCUT2D eigenvalue weighted by Crippen LogP contribution is 2.29. The number of nitrogens with one attached hydrogen (secondary N) is 1. The van der Waals surface area contributed by atoms with Crippen molar-refractivity contribution in [2.45, 2.75) is 6.92 Å². The molecule has 3 rings (SSSR count). The summed E-state index contributed by atoms with van der Waals surface area (Å²) in [5.74, 6) is 0.602. The molecule has 2 heterocycles. The Hall–Kier alpha value is -2.14. The molecule has 1 aromatic carbocycles. The van der Waals surface area contributed by atoms with Gasteiger partial charge in [-0.15, -0.1) is 0 Å². The zero-order valence-electron chi connectivity index (χ0n) is 10.7. The van der Waals surface area contributed by atoms with Crippen molar-refractivity contribution >= 4 is 32.4 Å². The maximum absolute atomic E-state index is 5.03. The van der Waals surface area contributed by atoms with Crippen molar-refractivity contribution in [1.29, 1.82) is 0 Å². The van der Waals surface area contributed by atoms with Crippen LogP contribution in [0.25, 0.3) is 10.2 Å². The Morgan fingerprint density at radius 1 is 1.21 bits per heavy atom. The number of methoxy groups -OCH3 is 1. The first-order valence-electron chi connectivity index (χ1n) is 5.89. The zero-order chi connectivity index (χ0) is 13.2. The second-order valence-electron chi connectivity index (χ2n) is 4.15. The number of aryl methyl sites for hydroxylation is 1. The highest BCUT2D eigenvalue weighted by atomic mass is 32.1. The van der Waals surface area contributed by atoms with Crippen LogP contribution < -0.4 is 10.1 Å². The molecule has 0 bridgehead atoms. The average molecular weight is 271 g/mol. The minimum Gasteiger partial charge on any atom is -0.481 e. The number of para-hydroxylation sites is 1. The molecule has 2 aromatic heterocycles. The van der Waals surface area contributed by atoms with E-state index in [0.29, 0.717) is 5.88 Å². The van der Waals surface area contributed by atoms with Crippen LogP contribution in [0.5, 0.6) is 5.88 Å². The third-order valence-corrected chi connectivity index (χ3v) is 3.75. The molecule has 0 amide bonds. The molecule has 4 nitrogen and oxygen atoms in total. The quantitative estimate of drug-likeness (QED) is 0.788. The fourth-order valence-corrected chi connectivity index (χ4v) is 2.80. The van der Waals surface area contributed by atoms with Gasteiger partial charge in [-0.25, -0.2) is 9.97 Å². The van der Waals surface area contributed by atoms with Gasteiger partial charge in [0.15, 0.2) is 5.13 Å². The molecule has 0 unspecified atom stereocenters. The summed E-state index contributed by atoms with van der Waals surface area (Å²) in [5.41, 5.74) is 3.14. The summed E-state index contributed by atoms with van der Waals surface area (Å²) in [4.78, 5) is 8.76. The minimum atomic E-state index is 0.602. The Kier molecular flexibility index (Phi) is 3.05. The molecule has 3 aromatic rings. The molecule has 0 saturated carbocycles. The van der Waals surface area contributed by atoms with E-state index >= 15 is 0 Å². The minimum absolute atomic E-state index is 0.602. The molecule has 0 radical (unpaired) electrons. The van der Waals surface area contributed by atoms with E-state index in [2.05, 4.69) is 40.4 Å². The lowest BCUT2D eigenvalue weighted by atomic mass is 10.2. The van der Waals surface area contributed by atoms with E-state index in [4.69, 9.17) is 4.74 Å². The van der Waals surface area contributed by atoms with E-state index in [9.17, 15) is 0 Å². The number of hydrogen-bond donors (Lipinski definition) is 1. The number of nitrogens with zero attached hydrogens (tertiary/aromatic N) is 2. The number of rotatable bonds is 3. The standard InChI is InChI=1S/C14H13N3OS/c1-9-4-3-5-11-13(9)17-14(19-11)16-10-6-7-12(18-2)15-8-10/h3-8H,1-2H3,(H,16,17). The largest absolute Gasteiger partial charge is 0.481 e.